The lowest BCUT2D eigenvalue weighted by Crippen LogP contribution is -2.48. The number of furan rings is 1. The van der Waals surface area contributed by atoms with Gasteiger partial charge in [0.15, 0.2) is 0 Å². The van der Waals surface area contributed by atoms with Crippen LogP contribution in [0.25, 0.3) is 0 Å². The average Bonchev–Trinajstić information content (AvgIpc) is 2.62. The molecule has 1 fully saturated rings. The Labute approximate surface area is 95.2 Å². The molecule has 2 unspecified atom stereocenters. The lowest BCUT2D eigenvalue weighted by atomic mass is 10.1. The molecule has 1 aliphatic heterocycles. The molecule has 4 nitrogen and oxygen atoms in total. The number of hydrogen-bond acceptors (Lipinski definition) is 3. The van der Waals surface area contributed by atoms with Gasteiger partial charge in [0, 0.05) is 13.1 Å². The van der Waals surface area contributed by atoms with Crippen LogP contribution in [0.2, 0.25) is 0 Å². The molecule has 0 N–H and O–H groups in total. The minimum atomic E-state index is 0.0354. The normalized spacial score (nSPS) is 25.8. The molecule has 88 valence electrons. The van der Waals surface area contributed by atoms with E-state index in [4.69, 9.17) is 9.15 Å². The fraction of sp³-hybridized carbons (Fsp3) is 0.583. The van der Waals surface area contributed by atoms with Crippen LogP contribution in [0, 0.1) is 6.92 Å². The van der Waals surface area contributed by atoms with Gasteiger partial charge >= 0.3 is 0 Å². The second-order valence-electron chi connectivity index (χ2n) is 4.36. The van der Waals surface area contributed by atoms with Gasteiger partial charge < -0.3 is 14.1 Å². The maximum Gasteiger partial charge on any atom is 0.257 e. The monoisotopic (exact) mass is 223 g/mol. The van der Waals surface area contributed by atoms with Gasteiger partial charge in [-0.2, -0.15) is 0 Å². The molecule has 2 heterocycles. The van der Waals surface area contributed by atoms with Crippen molar-refractivity contribution in [2.24, 2.45) is 0 Å². The lowest BCUT2D eigenvalue weighted by Gasteiger charge is -2.35. The number of ether oxygens (including phenoxy) is 1. The molecule has 1 aromatic rings. The van der Waals surface area contributed by atoms with Gasteiger partial charge in [0.25, 0.3) is 5.91 Å². The van der Waals surface area contributed by atoms with Crippen molar-refractivity contribution in [1.82, 2.24) is 4.90 Å². The third-order valence-corrected chi connectivity index (χ3v) is 2.80. The molecule has 0 bridgehead atoms. The number of morpholine rings is 1. The molecule has 0 aromatic carbocycles. The van der Waals surface area contributed by atoms with Gasteiger partial charge in [-0.3, -0.25) is 4.79 Å². The Morgan fingerprint density at radius 3 is 2.50 bits per heavy atom. The van der Waals surface area contributed by atoms with Crippen LogP contribution in [-0.2, 0) is 4.74 Å². The number of hydrogen-bond donors (Lipinski definition) is 0. The first-order valence-corrected chi connectivity index (χ1v) is 5.56. The van der Waals surface area contributed by atoms with Gasteiger partial charge in [-0.15, -0.1) is 0 Å². The summed E-state index contributed by atoms with van der Waals surface area (Å²) in [6, 6.07) is 1.72. The van der Waals surface area contributed by atoms with E-state index in [1.54, 1.807) is 19.3 Å². The fourth-order valence-corrected chi connectivity index (χ4v) is 2.12. The van der Waals surface area contributed by atoms with E-state index >= 15 is 0 Å². The zero-order valence-electron chi connectivity index (χ0n) is 9.90. The molecule has 2 rings (SSSR count). The summed E-state index contributed by atoms with van der Waals surface area (Å²) in [5.41, 5.74) is 0.654. The molecule has 1 aliphatic rings. The summed E-state index contributed by atoms with van der Waals surface area (Å²) >= 11 is 0. The molecule has 1 aromatic heterocycles. The van der Waals surface area contributed by atoms with Crippen LogP contribution < -0.4 is 0 Å². The molecule has 2 atom stereocenters. The smallest absolute Gasteiger partial charge is 0.257 e. The van der Waals surface area contributed by atoms with Gasteiger partial charge in [0.05, 0.1) is 24.0 Å². The highest BCUT2D eigenvalue weighted by molar-refractivity contribution is 5.95. The Morgan fingerprint density at radius 2 is 2.00 bits per heavy atom. The van der Waals surface area contributed by atoms with E-state index in [1.807, 2.05) is 18.7 Å². The van der Waals surface area contributed by atoms with E-state index in [-0.39, 0.29) is 18.1 Å². The molecule has 0 spiro atoms. The van der Waals surface area contributed by atoms with Crippen molar-refractivity contribution in [1.29, 1.82) is 0 Å². The van der Waals surface area contributed by atoms with Crippen LogP contribution in [0.5, 0.6) is 0 Å². The van der Waals surface area contributed by atoms with Gasteiger partial charge in [0.2, 0.25) is 0 Å². The van der Waals surface area contributed by atoms with Crippen LogP contribution >= 0.6 is 0 Å². The standard InChI is InChI=1S/C12H17NO3/c1-8-6-13(7-9(2)16-8)12(14)11-4-5-15-10(11)3/h4-5,8-9H,6-7H2,1-3H3. The number of nitrogens with zero attached hydrogens (tertiary/aromatic N) is 1. The summed E-state index contributed by atoms with van der Waals surface area (Å²) in [6.45, 7) is 7.07. The third kappa shape index (κ3) is 2.11. The molecule has 0 radical (unpaired) electrons. The zero-order valence-corrected chi connectivity index (χ0v) is 9.90. The molecular formula is C12H17NO3. The zero-order chi connectivity index (χ0) is 11.7. The van der Waals surface area contributed by atoms with Crippen LogP contribution in [0.1, 0.15) is 30.0 Å². The number of amides is 1. The molecule has 0 aliphatic carbocycles. The Kier molecular flexibility index (Phi) is 3.01. The van der Waals surface area contributed by atoms with Crippen molar-refractivity contribution < 1.29 is 13.9 Å². The summed E-state index contributed by atoms with van der Waals surface area (Å²) < 4.78 is 10.7. The van der Waals surface area contributed by atoms with Crippen molar-refractivity contribution in [2.75, 3.05) is 13.1 Å². The highest BCUT2D eigenvalue weighted by Crippen LogP contribution is 2.17. The van der Waals surface area contributed by atoms with Crippen LogP contribution in [-0.4, -0.2) is 36.1 Å². The second-order valence-corrected chi connectivity index (χ2v) is 4.36. The van der Waals surface area contributed by atoms with E-state index in [2.05, 4.69) is 0 Å². The fourth-order valence-electron chi connectivity index (χ4n) is 2.12. The highest BCUT2D eigenvalue weighted by Gasteiger charge is 2.27. The summed E-state index contributed by atoms with van der Waals surface area (Å²) in [4.78, 5) is 14.0. The Bertz CT molecular complexity index is 375. The number of carbonyl (C=O) groups is 1. The van der Waals surface area contributed by atoms with Crippen molar-refractivity contribution in [3.05, 3.63) is 23.7 Å². The Hall–Kier alpha value is -1.29. The average molecular weight is 223 g/mol. The maximum atomic E-state index is 12.2. The largest absolute Gasteiger partial charge is 0.469 e. The lowest BCUT2D eigenvalue weighted by molar-refractivity contribution is -0.0586. The highest BCUT2D eigenvalue weighted by atomic mass is 16.5. The summed E-state index contributed by atoms with van der Waals surface area (Å²) in [5.74, 6) is 0.713. The number of aryl methyl sites for hydroxylation is 1. The van der Waals surface area contributed by atoms with Crippen molar-refractivity contribution in [3.63, 3.8) is 0 Å². The van der Waals surface area contributed by atoms with E-state index in [1.165, 1.54) is 0 Å². The van der Waals surface area contributed by atoms with E-state index in [0.717, 1.165) is 0 Å². The topological polar surface area (TPSA) is 42.7 Å². The molecular weight excluding hydrogens is 206 g/mol. The van der Waals surface area contributed by atoms with Crippen LogP contribution in [0.4, 0.5) is 0 Å². The first kappa shape index (κ1) is 11.2. The van der Waals surface area contributed by atoms with Crippen molar-refractivity contribution in [2.45, 2.75) is 33.0 Å². The second kappa shape index (κ2) is 4.29. The minimum absolute atomic E-state index is 0.0354. The minimum Gasteiger partial charge on any atom is -0.469 e. The van der Waals surface area contributed by atoms with Gasteiger partial charge in [-0.25, -0.2) is 0 Å². The summed E-state index contributed by atoms with van der Waals surface area (Å²) in [5, 5.41) is 0. The predicted octanol–water partition coefficient (Wildman–Crippen LogP) is 1.84. The SMILES string of the molecule is Cc1occc1C(=O)N1CC(C)OC(C)C1. The van der Waals surface area contributed by atoms with Gasteiger partial charge in [0.1, 0.15) is 5.76 Å². The molecule has 4 heteroatoms. The quantitative estimate of drug-likeness (QED) is 0.729. The van der Waals surface area contributed by atoms with Crippen molar-refractivity contribution >= 4 is 5.91 Å². The Morgan fingerprint density at radius 1 is 1.38 bits per heavy atom. The number of rotatable bonds is 1. The third-order valence-electron chi connectivity index (χ3n) is 2.80. The Balaban J connectivity index is 2.13. The van der Waals surface area contributed by atoms with E-state index in [0.29, 0.717) is 24.4 Å². The van der Waals surface area contributed by atoms with Crippen LogP contribution in [0.15, 0.2) is 16.7 Å². The van der Waals surface area contributed by atoms with Crippen molar-refractivity contribution in [3.8, 4) is 0 Å². The van der Waals surface area contributed by atoms with Gasteiger partial charge in [-0.1, -0.05) is 0 Å². The molecule has 1 saturated heterocycles. The van der Waals surface area contributed by atoms with Crippen LogP contribution in [0.3, 0.4) is 0 Å². The predicted molar refractivity (Wildman–Crippen MR) is 59.4 cm³/mol. The molecule has 0 saturated carbocycles. The van der Waals surface area contributed by atoms with E-state index in [9.17, 15) is 4.79 Å². The molecule has 1 amide bonds. The summed E-state index contributed by atoms with van der Waals surface area (Å²) in [7, 11) is 0. The molecule has 16 heavy (non-hydrogen) atoms. The van der Waals surface area contributed by atoms with Gasteiger partial charge in [-0.05, 0) is 26.8 Å². The maximum absolute atomic E-state index is 12.2. The first-order chi connectivity index (χ1) is 7.58. The summed E-state index contributed by atoms with van der Waals surface area (Å²) in [6.07, 6.45) is 1.75. The van der Waals surface area contributed by atoms with E-state index < -0.39 is 0 Å². The number of carbonyl (C=O) groups excluding carboxylic acids is 1. The first-order valence-electron chi connectivity index (χ1n) is 5.56.